The van der Waals surface area contributed by atoms with Crippen molar-refractivity contribution in [1.82, 2.24) is 5.32 Å². The van der Waals surface area contributed by atoms with Crippen LogP contribution in [-0.4, -0.2) is 20.2 Å². The predicted octanol–water partition coefficient (Wildman–Crippen LogP) is 3.60. The van der Waals surface area contributed by atoms with Gasteiger partial charge in [-0.15, -0.1) is 0 Å². The Morgan fingerprint density at radius 2 is 2.11 bits per heavy atom. The Hall–Kier alpha value is -0.730. The molecule has 0 unspecified atom stereocenters. The van der Waals surface area contributed by atoms with Gasteiger partial charge in [0.15, 0.2) is 0 Å². The van der Waals surface area contributed by atoms with E-state index in [1.54, 1.807) is 0 Å². The highest BCUT2D eigenvalue weighted by molar-refractivity contribution is 6.30. The fraction of sp³-hybridized carbons (Fsp3) is 0.625. The van der Waals surface area contributed by atoms with Crippen LogP contribution in [0.25, 0.3) is 0 Å². The van der Waals surface area contributed by atoms with Crippen molar-refractivity contribution in [3.63, 3.8) is 0 Å². The molecule has 3 rings (SSSR count). The highest BCUT2D eigenvalue weighted by Gasteiger charge is 2.35. The maximum absolute atomic E-state index is 6.27. The molecule has 1 aliphatic carbocycles. The number of ether oxygens (including phenoxy) is 1. The van der Waals surface area contributed by atoms with E-state index in [1.165, 1.54) is 36.8 Å². The molecule has 0 atom stereocenters. The van der Waals surface area contributed by atoms with E-state index < -0.39 is 0 Å². The van der Waals surface area contributed by atoms with Crippen molar-refractivity contribution in [2.75, 3.05) is 20.2 Å². The fourth-order valence-electron chi connectivity index (χ4n) is 3.80. The molecular formula is C16H22ClNO. The number of nitrogens with one attached hydrogen (secondary N) is 1. The van der Waals surface area contributed by atoms with Gasteiger partial charge in [0.25, 0.3) is 0 Å². The lowest BCUT2D eigenvalue weighted by Crippen LogP contribution is -2.32. The molecule has 1 aromatic carbocycles. The second kappa shape index (κ2) is 5.34. The number of halogens is 1. The molecule has 1 aromatic rings. The summed E-state index contributed by atoms with van der Waals surface area (Å²) in [7, 11) is 2.05. The first kappa shape index (κ1) is 13.3. The van der Waals surface area contributed by atoms with Crippen molar-refractivity contribution in [2.45, 2.75) is 38.5 Å². The molecule has 19 heavy (non-hydrogen) atoms. The van der Waals surface area contributed by atoms with E-state index in [0.29, 0.717) is 5.41 Å². The number of rotatable bonds is 4. The molecule has 1 N–H and O–H groups in total. The Kier molecular flexibility index (Phi) is 3.72. The summed E-state index contributed by atoms with van der Waals surface area (Å²) in [5.74, 6) is 1.12. The minimum atomic E-state index is 0.402. The van der Waals surface area contributed by atoms with E-state index in [-0.39, 0.29) is 0 Å². The monoisotopic (exact) mass is 279 g/mol. The lowest BCUT2D eigenvalue weighted by Gasteiger charge is -2.29. The minimum Gasteiger partial charge on any atom is -0.493 e. The fourth-order valence-corrected chi connectivity index (χ4v) is 4.06. The molecule has 0 amide bonds. The van der Waals surface area contributed by atoms with E-state index in [1.807, 2.05) is 0 Å². The predicted molar refractivity (Wildman–Crippen MR) is 79.2 cm³/mol. The first-order valence-corrected chi connectivity index (χ1v) is 7.69. The van der Waals surface area contributed by atoms with Crippen molar-refractivity contribution in [3.05, 3.63) is 28.3 Å². The van der Waals surface area contributed by atoms with Crippen LogP contribution >= 0.6 is 11.6 Å². The zero-order valence-corrected chi connectivity index (χ0v) is 12.4. The molecule has 0 spiro atoms. The molecule has 3 heteroatoms. The molecule has 1 fully saturated rings. The molecule has 1 heterocycles. The Morgan fingerprint density at radius 1 is 1.32 bits per heavy atom. The third kappa shape index (κ3) is 2.61. The zero-order chi connectivity index (χ0) is 13.3. The molecule has 0 bridgehead atoms. The first-order chi connectivity index (χ1) is 9.22. The normalized spacial score (nSPS) is 20.3. The molecule has 2 aliphatic rings. The van der Waals surface area contributed by atoms with Gasteiger partial charge in [0.2, 0.25) is 0 Å². The van der Waals surface area contributed by atoms with Gasteiger partial charge in [-0.3, -0.25) is 0 Å². The van der Waals surface area contributed by atoms with Crippen LogP contribution < -0.4 is 10.1 Å². The number of benzene rings is 1. The lowest BCUT2D eigenvalue weighted by molar-refractivity contribution is 0.278. The molecular weight excluding hydrogens is 258 g/mol. The second-order valence-electron chi connectivity index (χ2n) is 6.07. The van der Waals surface area contributed by atoms with Gasteiger partial charge in [-0.1, -0.05) is 24.4 Å². The molecule has 2 nitrogen and oxygen atoms in total. The maximum Gasteiger partial charge on any atom is 0.125 e. The average molecular weight is 280 g/mol. The van der Waals surface area contributed by atoms with Crippen molar-refractivity contribution in [2.24, 2.45) is 5.41 Å². The summed E-state index contributed by atoms with van der Waals surface area (Å²) in [5, 5.41) is 4.24. The summed E-state index contributed by atoms with van der Waals surface area (Å²) >= 11 is 6.27. The van der Waals surface area contributed by atoms with E-state index >= 15 is 0 Å². The Labute approximate surface area is 120 Å². The van der Waals surface area contributed by atoms with E-state index in [0.717, 1.165) is 36.8 Å². The van der Waals surface area contributed by atoms with E-state index in [4.69, 9.17) is 16.3 Å². The van der Waals surface area contributed by atoms with Crippen molar-refractivity contribution in [1.29, 1.82) is 0 Å². The Balaban J connectivity index is 1.90. The number of fused-ring (bicyclic) bond motifs is 1. The highest BCUT2D eigenvalue weighted by Crippen LogP contribution is 2.44. The van der Waals surface area contributed by atoms with Gasteiger partial charge in [0.1, 0.15) is 5.75 Å². The van der Waals surface area contributed by atoms with Gasteiger partial charge in [-0.25, -0.2) is 0 Å². The number of hydrogen-bond acceptors (Lipinski definition) is 2. The Bertz CT molecular complexity index is 466. The van der Waals surface area contributed by atoms with E-state index in [9.17, 15) is 0 Å². The van der Waals surface area contributed by atoms with Crippen LogP contribution in [0.2, 0.25) is 5.02 Å². The maximum atomic E-state index is 6.27. The highest BCUT2D eigenvalue weighted by atomic mass is 35.5. The van der Waals surface area contributed by atoms with Gasteiger partial charge in [0, 0.05) is 18.0 Å². The SMILES string of the molecule is CNCC1(Cc2cc(Cl)cc3c2OCC3)CCCC1. The first-order valence-electron chi connectivity index (χ1n) is 7.31. The third-order valence-electron chi connectivity index (χ3n) is 4.61. The molecule has 1 aliphatic heterocycles. The lowest BCUT2D eigenvalue weighted by atomic mass is 9.79. The van der Waals surface area contributed by atoms with Crippen LogP contribution in [0.15, 0.2) is 12.1 Å². The van der Waals surface area contributed by atoms with Crippen LogP contribution in [0.1, 0.15) is 36.8 Å². The Morgan fingerprint density at radius 3 is 2.84 bits per heavy atom. The summed E-state index contributed by atoms with van der Waals surface area (Å²) in [6, 6.07) is 4.17. The van der Waals surface area contributed by atoms with Crippen molar-refractivity contribution < 1.29 is 4.74 Å². The molecule has 0 aromatic heterocycles. The third-order valence-corrected chi connectivity index (χ3v) is 4.82. The quantitative estimate of drug-likeness (QED) is 0.909. The largest absolute Gasteiger partial charge is 0.493 e. The number of hydrogen-bond donors (Lipinski definition) is 1. The van der Waals surface area contributed by atoms with Gasteiger partial charge in [0.05, 0.1) is 6.61 Å². The minimum absolute atomic E-state index is 0.402. The van der Waals surface area contributed by atoms with Gasteiger partial charge < -0.3 is 10.1 Å². The van der Waals surface area contributed by atoms with E-state index in [2.05, 4.69) is 24.5 Å². The van der Waals surface area contributed by atoms with Gasteiger partial charge in [-0.05, 0) is 55.0 Å². The summed E-state index contributed by atoms with van der Waals surface area (Å²) < 4.78 is 5.84. The van der Waals surface area contributed by atoms with Crippen LogP contribution in [0.4, 0.5) is 0 Å². The second-order valence-corrected chi connectivity index (χ2v) is 6.50. The summed E-state index contributed by atoms with van der Waals surface area (Å²) in [6.45, 7) is 1.90. The van der Waals surface area contributed by atoms with Gasteiger partial charge >= 0.3 is 0 Å². The molecule has 1 saturated carbocycles. The summed E-state index contributed by atoms with van der Waals surface area (Å²) in [6.07, 6.45) is 7.43. The summed E-state index contributed by atoms with van der Waals surface area (Å²) in [5.41, 5.74) is 3.01. The zero-order valence-electron chi connectivity index (χ0n) is 11.6. The van der Waals surface area contributed by atoms with Crippen molar-refractivity contribution >= 4 is 11.6 Å². The molecule has 0 saturated heterocycles. The molecule has 0 radical (unpaired) electrons. The van der Waals surface area contributed by atoms with Crippen molar-refractivity contribution in [3.8, 4) is 5.75 Å². The van der Waals surface area contributed by atoms with Crippen LogP contribution in [0.5, 0.6) is 5.75 Å². The summed E-state index contributed by atoms with van der Waals surface area (Å²) in [4.78, 5) is 0. The van der Waals surface area contributed by atoms with Crippen LogP contribution in [0, 0.1) is 5.41 Å². The average Bonchev–Trinajstić information content (AvgIpc) is 2.98. The molecule has 104 valence electrons. The van der Waals surface area contributed by atoms with Crippen LogP contribution in [-0.2, 0) is 12.8 Å². The topological polar surface area (TPSA) is 21.3 Å². The standard InChI is InChI=1S/C16H22ClNO/c1-18-11-16(5-2-3-6-16)10-13-9-14(17)8-12-4-7-19-15(12)13/h8-9,18H,2-7,10-11H2,1H3. The van der Waals surface area contributed by atoms with Gasteiger partial charge in [-0.2, -0.15) is 0 Å². The van der Waals surface area contributed by atoms with Crippen LogP contribution in [0.3, 0.4) is 0 Å². The smallest absolute Gasteiger partial charge is 0.125 e.